The van der Waals surface area contributed by atoms with E-state index in [4.69, 9.17) is 16.3 Å². The highest BCUT2D eigenvalue weighted by Gasteiger charge is 2.10. The fraction of sp³-hybridized carbons (Fsp3) is 0.250. The zero-order chi connectivity index (χ0) is 20.4. The second-order valence-corrected chi connectivity index (χ2v) is 6.25. The van der Waals surface area contributed by atoms with Crippen LogP contribution in [0, 0.1) is 5.82 Å². The van der Waals surface area contributed by atoms with E-state index < -0.39 is 17.6 Å². The number of ether oxygens (including phenoxy) is 1. The van der Waals surface area contributed by atoms with Crippen LogP contribution < -0.4 is 15.5 Å². The van der Waals surface area contributed by atoms with Gasteiger partial charge in [0, 0.05) is 23.6 Å². The van der Waals surface area contributed by atoms with E-state index in [1.807, 2.05) is 6.92 Å². The highest BCUT2D eigenvalue weighted by atomic mass is 35.5. The molecule has 148 valence electrons. The highest BCUT2D eigenvalue weighted by Crippen LogP contribution is 2.21. The molecule has 0 aromatic heterocycles. The summed E-state index contributed by atoms with van der Waals surface area (Å²) in [5.41, 5.74) is 2.93. The van der Waals surface area contributed by atoms with Gasteiger partial charge in [0.2, 0.25) is 5.91 Å². The van der Waals surface area contributed by atoms with Crippen molar-refractivity contribution in [1.82, 2.24) is 10.7 Å². The Kier molecular flexibility index (Phi) is 8.42. The maximum Gasteiger partial charge on any atom is 0.254 e. The Morgan fingerprint density at radius 2 is 2.04 bits per heavy atom. The molecule has 2 aromatic rings. The van der Waals surface area contributed by atoms with Crippen molar-refractivity contribution in [3.8, 4) is 5.75 Å². The molecule has 0 heterocycles. The van der Waals surface area contributed by atoms with Crippen molar-refractivity contribution in [2.75, 3.05) is 13.2 Å². The average Bonchev–Trinajstić information content (AvgIpc) is 2.67. The lowest BCUT2D eigenvalue weighted by atomic mass is 10.2. The lowest BCUT2D eigenvalue weighted by Crippen LogP contribution is -2.29. The molecular weight excluding hydrogens is 385 g/mol. The first-order valence-electron chi connectivity index (χ1n) is 8.78. The first-order chi connectivity index (χ1) is 13.5. The van der Waals surface area contributed by atoms with Crippen LogP contribution >= 0.6 is 11.6 Å². The molecule has 28 heavy (non-hydrogen) atoms. The molecule has 0 atom stereocenters. The standard InChI is InChI=1S/C20H21ClFN3O3/c1-2-11-28-18-8-7-15(21)12-14(18)13-24-25-19(26)9-10-23-20(27)16-5-3-4-6-17(16)22/h3-8,12-13H,2,9-11H2,1H3,(H,23,27)(H,25,26). The molecule has 0 radical (unpaired) electrons. The number of nitrogens with zero attached hydrogens (tertiary/aromatic N) is 1. The van der Waals surface area contributed by atoms with Crippen molar-refractivity contribution >= 4 is 29.6 Å². The van der Waals surface area contributed by atoms with Crippen LogP contribution in [-0.2, 0) is 4.79 Å². The van der Waals surface area contributed by atoms with Gasteiger partial charge in [-0.3, -0.25) is 9.59 Å². The molecule has 8 heteroatoms. The van der Waals surface area contributed by atoms with Gasteiger partial charge in [-0.25, -0.2) is 9.82 Å². The minimum Gasteiger partial charge on any atom is -0.493 e. The summed E-state index contributed by atoms with van der Waals surface area (Å²) in [6.07, 6.45) is 2.29. The maximum atomic E-state index is 13.5. The fourth-order valence-corrected chi connectivity index (χ4v) is 2.40. The van der Waals surface area contributed by atoms with Crippen molar-refractivity contribution in [1.29, 1.82) is 0 Å². The third kappa shape index (κ3) is 6.66. The zero-order valence-corrected chi connectivity index (χ0v) is 16.1. The SMILES string of the molecule is CCCOc1ccc(Cl)cc1C=NNC(=O)CCNC(=O)c1ccccc1F. The van der Waals surface area contributed by atoms with Gasteiger partial charge >= 0.3 is 0 Å². The minimum atomic E-state index is -0.614. The molecule has 0 saturated carbocycles. The molecule has 2 N–H and O–H groups in total. The predicted molar refractivity (Wildman–Crippen MR) is 106 cm³/mol. The summed E-state index contributed by atoms with van der Waals surface area (Å²) in [6.45, 7) is 2.60. The number of halogens is 2. The molecule has 0 aliphatic heterocycles. The second-order valence-electron chi connectivity index (χ2n) is 5.81. The summed E-state index contributed by atoms with van der Waals surface area (Å²) in [7, 11) is 0. The van der Waals surface area contributed by atoms with E-state index >= 15 is 0 Å². The molecule has 0 spiro atoms. The molecule has 0 saturated heterocycles. The normalized spacial score (nSPS) is 10.7. The van der Waals surface area contributed by atoms with Crippen LogP contribution in [0.25, 0.3) is 0 Å². The lowest BCUT2D eigenvalue weighted by molar-refractivity contribution is -0.120. The van der Waals surface area contributed by atoms with E-state index in [0.717, 1.165) is 6.42 Å². The molecule has 0 aliphatic carbocycles. The average molecular weight is 406 g/mol. The number of hydrogen-bond donors (Lipinski definition) is 2. The number of benzene rings is 2. The van der Waals surface area contributed by atoms with Gasteiger partial charge in [0.25, 0.3) is 5.91 Å². The van der Waals surface area contributed by atoms with Gasteiger partial charge in [-0.15, -0.1) is 0 Å². The second kappa shape index (κ2) is 11.0. The number of carbonyl (C=O) groups excluding carboxylic acids is 2. The molecule has 0 bridgehead atoms. The first kappa shape index (κ1) is 21.4. The van der Waals surface area contributed by atoms with Crippen LogP contribution in [0.5, 0.6) is 5.75 Å². The van der Waals surface area contributed by atoms with Crippen LogP contribution in [0.3, 0.4) is 0 Å². The van der Waals surface area contributed by atoms with Crippen molar-refractivity contribution in [3.05, 3.63) is 64.4 Å². The number of rotatable bonds is 9. The summed E-state index contributed by atoms with van der Waals surface area (Å²) in [4.78, 5) is 23.7. The Labute approximate surface area is 167 Å². The van der Waals surface area contributed by atoms with Crippen LogP contribution in [0.15, 0.2) is 47.6 Å². The van der Waals surface area contributed by atoms with Crippen molar-refractivity contribution in [2.24, 2.45) is 5.10 Å². The van der Waals surface area contributed by atoms with Crippen molar-refractivity contribution in [3.63, 3.8) is 0 Å². The van der Waals surface area contributed by atoms with Gasteiger partial charge in [0.05, 0.1) is 18.4 Å². The summed E-state index contributed by atoms with van der Waals surface area (Å²) in [6, 6.07) is 10.8. The van der Waals surface area contributed by atoms with Gasteiger partial charge in [-0.05, 0) is 36.8 Å². The maximum absolute atomic E-state index is 13.5. The molecule has 6 nitrogen and oxygen atoms in total. The number of nitrogens with one attached hydrogen (secondary N) is 2. The number of carbonyl (C=O) groups is 2. The Morgan fingerprint density at radius 1 is 1.25 bits per heavy atom. The van der Waals surface area contributed by atoms with Crippen LogP contribution in [0.1, 0.15) is 35.7 Å². The molecule has 0 unspecified atom stereocenters. The minimum absolute atomic E-state index is 0.00767. The van der Waals surface area contributed by atoms with Crippen molar-refractivity contribution in [2.45, 2.75) is 19.8 Å². The summed E-state index contributed by atoms with van der Waals surface area (Å²) in [5, 5.41) is 6.90. The number of hydrazone groups is 1. The summed E-state index contributed by atoms with van der Waals surface area (Å²) in [5.74, 6) is -0.979. The van der Waals surface area contributed by atoms with E-state index in [9.17, 15) is 14.0 Å². The predicted octanol–water partition coefficient (Wildman–Crippen LogP) is 3.54. The van der Waals surface area contributed by atoms with E-state index in [1.165, 1.54) is 24.4 Å². The van der Waals surface area contributed by atoms with E-state index in [1.54, 1.807) is 24.3 Å². The smallest absolute Gasteiger partial charge is 0.254 e. The molecule has 2 amide bonds. The third-order valence-corrected chi connectivity index (χ3v) is 3.82. The Bertz CT molecular complexity index is 858. The third-order valence-electron chi connectivity index (χ3n) is 3.58. The van der Waals surface area contributed by atoms with E-state index in [-0.39, 0.29) is 18.5 Å². The van der Waals surface area contributed by atoms with Crippen LogP contribution in [0.4, 0.5) is 4.39 Å². The van der Waals surface area contributed by atoms with Gasteiger partial charge < -0.3 is 10.1 Å². The first-order valence-corrected chi connectivity index (χ1v) is 9.16. The van der Waals surface area contributed by atoms with Crippen LogP contribution in [-0.4, -0.2) is 31.2 Å². The van der Waals surface area contributed by atoms with Crippen molar-refractivity contribution < 1.29 is 18.7 Å². The molecule has 0 fully saturated rings. The number of amides is 2. The van der Waals surface area contributed by atoms with Gasteiger partial charge in [-0.1, -0.05) is 30.7 Å². The monoisotopic (exact) mass is 405 g/mol. The van der Waals surface area contributed by atoms with Crippen LogP contribution in [0.2, 0.25) is 5.02 Å². The van der Waals surface area contributed by atoms with E-state index in [0.29, 0.717) is 22.9 Å². The Morgan fingerprint density at radius 3 is 2.79 bits per heavy atom. The topological polar surface area (TPSA) is 79.8 Å². The Balaban J connectivity index is 1.82. The summed E-state index contributed by atoms with van der Waals surface area (Å²) >= 11 is 5.98. The van der Waals surface area contributed by atoms with Gasteiger partial charge in [-0.2, -0.15) is 5.10 Å². The van der Waals surface area contributed by atoms with Gasteiger partial charge in [0.1, 0.15) is 11.6 Å². The largest absolute Gasteiger partial charge is 0.493 e. The van der Waals surface area contributed by atoms with E-state index in [2.05, 4.69) is 15.8 Å². The quantitative estimate of drug-likeness (QED) is 0.494. The fourth-order valence-electron chi connectivity index (χ4n) is 2.22. The number of hydrogen-bond acceptors (Lipinski definition) is 4. The highest BCUT2D eigenvalue weighted by molar-refractivity contribution is 6.30. The molecule has 0 aliphatic rings. The molecule has 2 aromatic carbocycles. The lowest BCUT2D eigenvalue weighted by Gasteiger charge is -2.08. The molecule has 2 rings (SSSR count). The zero-order valence-electron chi connectivity index (χ0n) is 15.4. The Hall–Kier alpha value is -2.93. The summed E-state index contributed by atoms with van der Waals surface area (Å²) < 4.78 is 19.1. The van der Waals surface area contributed by atoms with Gasteiger partial charge in [0.15, 0.2) is 0 Å². The molecular formula is C20H21ClFN3O3.